The minimum Gasteiger partial charge on any atom is -0.394 e. The lowest BCUT2D eigenvalue weighted by atomic mass is 10.2. The fraction of sp³-hybridized carbons (Fsp3) is 0.692. The first kappa shape index (κ1) is 14.2. The number of aliphatic hydroxyl groups excluding tert-OH is 1. The molecule has 21 heavy (non-hydrogen) atoms. The van der Waals surface area contributed by atoms with E-state index in [4.69, 9.17) is 9.84 Å². The van der Waals surface area contributed by atoms with Crippen LogP contribution in [0.3, 0.4) is 0 Å². The van der Waals surface area contributed by atoms with Gasteiger partial charge in [-0.05, 0) is 12.8 Å². The summed E-state index contributed by atoms with van der Waals surface area (Å²) in [6, 6.07) is -0.120. The number of aromatic nitrogens is 3. The molecule has 3 rings (SSSR count). The standard InChI is InChI=1S/C13H19N5O3/c1-17-4-2-3-11(17)15-12-14-8-18(13(20)16-12)9-5-10(6-19)21-7-9/h8-10,19H,2-7H2,1H3/t9-,10-/m0/s1. The summed E-state index contributed by atoms with van der Waals surface area (Å²) in [6.07, 6.45) is 3.80. The van der Waals surface area contributed by atoms with E-state index < -0.39 is 0 Å². The van der Waals surface area contributed by atoms with Crippen LogP contribution in [-0.4, -0.2) is 63.3 Å². The first-order chi connectivity index (χ1) is 10.2. The van der Waals surface area contributed by atoms with E-state index in [0.717, 1.165) is 25.2 Å². The van der Waals surface area contributed by atoms with Crippen LogP contribution in [0.1, 0.15) is 25.3 Å². The predicted octanol–water partition coefficient (Wildman–Crippen LogP) is -0.284. The molecule has 8 heteroatoms. The fourth-order valence-electron chi connectivity index (χ4n) is 2.70. The number of nitrogens with zero attached hydrogens (tertiary/aromatic N) is 5. The van der Waals surface area contributed by atoms with Crippen molar-refractivity contribution in [2.75, 3.05) is 26.8 Å². The molecule has 2 aliphatic rings. The van der Waals surface area contributed by atoms with Gasteiger partial charge >= 0.3 is 5.69 Å². The highest BCUT2D eigenvalue weighted by Gasteiger charge is 2.27. The Bertz CT molecular complexity index is 600. The summed E-state index contributed by atoms with van der Waals surface area (Å²) in [5, 5.41) is 9.06. The van der Waals surface area contributed by atoms with E-state index in [9.17, 15) is 4.79 Å². The predicted molar refractivity (Wildman–Crippen MR) is 75.7 cm³/mol. The monoisotopic (exact) mass is 293 g/mol. The van der Waals surface area contributed by atoms with Crippen LogP contribution in [0.5, 0.6) is 0 Å². The Labute approximate surface area is 122 Å². The van der Waals surface area contributed by atoms with Gasteiger partial charge in [0.05, 0.1) is 25.4 Å². The molecule has 0 aromatic carbocycles. The van der Waals surface area contributed by atoms with Crippen LogP contribution in [-0.2, 0) is 4.74 Å². The van der Waals surface area contributed by atoms with E-state index >= 15 is 0 Å². The van der Waals surface area contributed by atoms with Crippen molar-refractivity contribution in [3.05, 3.63) is 16.8 Å². The first-order valence-electron chi connectivity index (χ1n) is 7.13. The van der Waals surface area contributed by atoms with Gasteiger partial charge in [0.25, 0.3) is 5.95 Å². The average molecular weight is 293 g/mol. The SMILES string of the molecule is CN1CCCC1=Nc1ncn([C@@H]2CO[C@H](CO)C2)c(=O)n1. The summed E-state index contributed by atoms with van der Waals surface area (Å²) in [7, 11) is 1.97. The second-order valence-electron chi connectivity index (χ2n) is 5.43. The molecule has 2 saturated heterocycles. The number of aliphatic imine (C=N–C) groups is 1. The summed E-state index contributed by atoms with van der Waals surface area (Å²) in [5.41, 5.74) is -0.378. The van der Waals surface area contributed by atoms with Crippen molar-refractivity contribution in [2.24, 2.45) is 4.99 Å². The van der Waals surface area contributed by atoms with Crippen molar-refractivity contribution in [3.63, 3.8) is 0 Å². The average Bonchev–Trinajstić information content (AvgIpc) is 3.09. The van der Waals surface area contributed by atoms with Crippen molar-refractivity contribution in [1.29, 1.82) is 0 Å². The molecule has 114 valence electrons. The summed E-state index contributed by atoms with van der Waals surface area (Å²) < 4.78 is 6.83. The fourth-order valence-corrected chi connectivity index (χ4v) is 2.70. The molecule has 1 aromatic heterocycles. The lowest BCUT2D eigenvalue weighted by Crippen LogP contribution is -2.28. The minimum absolute atomic E-state index is 0.0375. The zero-order valence-electron chi connectivity index (χ0n) is 12.0. The molecular weight excluding hydrogens is 274 g/mol. The molecule has 2 fully saturated rings. The highest BCUT2D eigenvalue weighted by Crippen LogP contribution is 2.22. The Balaban J connectivity index is 1.79. The lowest BCUT2D eigenvalue weighted by molar-refractivity contribution is 0.0574. The van der Waals surface area contributed by atoms with Crippen LogP contribution in [0.2, 0.25) is 0 Å². The highest BCUT2D eigenvalue weighted by molar-refractivity contribution is 5.85. The Hall–Kier alpha value is -1.80. The van der Waals surface area contributed by atoms with Crippen LogP contribution in [0.15, 0.2) is 16.1 Å². The van der Waals surface area contributed by atoms with Crippen LogP contribution in [0.25, 0.3) is 0 Å². The molecule has 0 radical (unpaired) electrons. The van der Waals surface area contributed by atoms with Gasteiger partial charge < -0.3 is 14.7 Å². The van der Waals surface area contributed by atoms with Crippen LogP contribution in [0, 0.1) is 0 Å². The molecule has 0 amide bonds. The molecule has 0 saturated carbocycles. The molecular formula is C13H19N5O3. The number of amidine groups is 1. The molecule has 0 spiro atoms. The van der Waals surface area contributed by atoms with Crippen molar-refractivity contribution >= 4 is 11.8 Å². The van der Waals surface area contributed by atoms with Crippen LogP contribution in [0.4, 0.5) is 5.95 Å². The maximum Gasteiger partial charge on any atom is 0.352 e. The topological polar surface area (TPSA) is 92.8 Å². The Morgan fingerprint density at radius 3 is 3.05 bits per heavy atom. The molecule has 2 aliphatic heterocycles. The number of ether oxygens (including phenoxy) is 1. The maximum absolute atomic E-state index is 12.1. The molecule has 1 aromatic rings. The third kappa shape index (κ3) is 2.96. The second-order valence-corrected chi connectivity index (χ2v) is 5.43. The van der Waals surface area contributed by atoms with Gasteiger partial charge in [-0.25, -0.2) is 9.78 Å². The Kier molecular flexibility index (Phi) is 3.98. The summed E-state index contributed by atoms with van der Waals surface area (Å²) in [4.78, 5) is 26.6. The molecule has 2 atom stereocenters. The van der Waals surface area contributed by atoms with E-state index in [-0.39, 0.29) is 30.4 Å². The van der Waals surface area contributed by atoms with E-state index in [1.54, 1.807) is 0 Å². The first-order valence-corrected chi connectivity index (χ1v) is 7.13. The summed E-state index contributed by atoms with van der Waals surface area (Å²) in [6.45, 7) is 1.33. The van der Waals surface area contributed by atoms with Gasteiger partial charge in [0, 0.05) is 20.0 Å². The molecule has 0 aliphatic carbocycles. The molecule has 0 bridgehead atoms. The zero-order chi connectivity index (χ0) is 14.8. The lowest BCUT2D eigenvalue weighted by Gasteiger charge is -2.12. The highest BCUT2D eigenvalue weighted by atomic mass is 16.5. The second kappa shape index (κ2) is 5.90. The van der Waals surface area contributed by atoms with Gasteiger partial charge in [-0.1, -0.05) is 0 Å². The third-order valence-corrected chi connectivity index (χ3v) is 3.93. The van der Waals surface area contributed by atoms with Gasteiger partial charge in [-0.15, -0.1) is 0 Å². The van der Waals surface area contributed by atoms with E-state index in [0.29, 0.717) is 13.0 Å². The smallest absolute Gasteiger partial charge is 0.352 e. The van der Waals surface area contributed by atoms with Crippen molar-refractivity contribution in [2.45, 2.75) is 31.4 Å². The number of hydrogen-bond acceptors (Lipinski definition) is 6. The molecule has 0 unspecified atom stereocenters. The van der Waals surface area contributed by atoms with Gasteiger partial charge in [0.2, 0.25) is 0 Å². The number of likely N-dealkylation sites (tertiary alicyclic amines) is 1. The normalized spacial score (nSPS) is 27.7. The largest absolute Gasteiger partial charge is 0.394 e. The van der Waals surface area contributed by atoms with Crippen LogP contribution >= 0.6 is 0 Å². The van der Waals surface area contributed by atoms with Crippen molar-refractivity contribution < 1.29 is 9.84 Å². The summed E-state index contributed by atoms with van der Waals surface area (Å²) in [5.74, 6) is 1.12. The van der Waals surface area contributed by atoms with E-state index in [2.05, 4.69) is 15.0 Å². The maximum atomic E-state index is 12.1. The molecule has 1 N–H and O–H groups in total. The van der Waals surface area contributed by atoms with Gasteiger partial charge in [-0.3, -0.25) is 4.57 Å². The number of aliphatic hydroxyl groups is 1. The van der Waals surface area contributed by atoms with Gasteiger partial charge in [-0.2, -0.15) is 9.98 Å². The zero-order valence-corrected chi connectivity index (χ0v) is 12.0. The Morgan fingerprint density at radius 1 is 1.57 bits per heavy atom. The quantitative estimate of drug-likeness (QED) is 0.823. The van der Waals surface area contributed by atoms with Gasteiger partial charge in [0.15, 0.2) is 0 Å². The van der Waals surface area contributed by atoms with Crippen molar-refractivity contribution in [3.8, 4) is 0 Å². The minimum atomic E-state index is -0.378. The third-order valence-electron chi connectivity index (χ3n) is 3.93. The van der Waals surface area contributed by atoms with Gasteiger partial charge in [0.1, 0.15) is 12.2 Å². The van der Waals surface area contributed by atoms with E-state index in [1.165, 1.54) is 10.9 Å². The van der Waals surface area contributed by atoms with Crippen LogP contribution < -0.4 is 5.69 Å². The Morgan fingerprint density at radius 2 is 2.43 bits per heavy atom. The number of hydrogen-bond donors (Lipinski definition) is 1. The molecule has 3 heterocycles. The summed E-state index contributed by atoms with van der Waals surface area (Å²) >= 11 is 0. The number of rotatable bonds is 3. The van der Waals surface area contributed by atoms with E-state index in [1.807, 2.05) is 11.9 Å². The molecule has 8 nitrogen and oxygen atoms in total. The van der Waals surface area contributed by atoms with Crippen molar-refractivity contribution in [1.82, 2.24) is 19.4 Å².